The van der Waals surface area contributed by atoms with Crippen LogP contribution in [0.5, 0.6) is 0 Å². The zero-order chi connectivity index (χ0) is 14.5. The molecule has 0 radical (unpaired) electrons. The monoisotopic (exact) mass is 351 g/mol. The molecule has 1 aromatic carbocycles. The van der Waals surface area contributed by atoms with Crippen LogP contribution < -0.4 is 5.32 Å². The molecule has 1 aromatic heterocycles. The van der Waals surface area contributed by atoms with Crippen LogP contribution in [0, 0.1) is 6.92 Å². The highest BCUT2D eigenvalue weighted by atomic mass is 79.9. The summed E-state index contributed by atoms with van der Waals surface area (Å²) in [6, 6.07) is 7.82. The van der Waals surface area contributed by atoms with Gasteiger partial charge in [0.25, 0.3) is 5.91 Å². The standard InChI is InChI=1S/C14H14BrN3OS/c1-9-12(8-17-14(18-9)20-2)13(19)16-7-10-4-3-5-11(15)6-10/h3-6,8H,7H2,1-2H3,(H,16,19). The van der Waals surface area contributed by atoms with Gasteiger partial charge in [-0.2, -0.15) is 0 Å². The van der Waals surface area contributed by atoms with Gasteiger partial charge in [-0.3, -0.25) is 4.79 Å². The van der Waals surface area contributed by atoms with E-state index in [1.807, 2.05) is 37.4 Å². The van der Waals surface area contributed by atoms with Crippen molar-refractivity contribution in [3.05, 3.63) is 51.8 Å². The van der Waals surface area contributed by atoms with Gasteiger partial charge in [-0.25, -0.2) is 9.97 Å². The van der Waals surface area contributed by atoms with E-state index in [0.29, 0.717) is 23.0 Å². The van der Waals surface area contributed by atoms with Crippen LogP contribution in [-0.4, -0.2) is 22.1 Å². The zero-order valence-electron chi connectivity index (χ0n) is 11.2. The summed E-state index contributed by atoms with van der Waals surface area (Å²) in [6.07, 6.45) is 3.48. The summed E-state index contributed by atoms with van der Waals surface area (Å²) in [5.74, 6) is -0.157. The molecule has 0 fully saturated rings. The quantitative estimate of drug-likeness (QED) is 0.678. The Bertz CT molecular complexity index is 634. The van der Waals surface area contributed by atoms with Crippen molar-refractivity contribution in [1.29, 1.82) is 0 Å². The summed E-state index contributed by atoms with van der Waals surface area (Å²) >= 11 is 4.86. The second-order valence-corrected chi connectivity index (χ2v) is 5.86. The van der Waals surface area contributed by atoms with E-state index < -0.39 is 0 Å². The summed E-state index contributed by atoms with van der Waals surface area (Å²) in [5.41, 5.74) is 2.24. The zero-order valence-corrected chi connectivity index (χ0v) is 13.6. The molecule has 0 aliphatic carbocycles. The molecule has 1 N–H and O–H groups in total. The highest BCUT2D eigenvalue weighted by Gasteiger charge is 2.11. The molecular weight excluding hydrogens is 338 g/mol. The van der Waals surface area contributed by atoms with Gasteiger partial charge < -0.3 is 5.32 Å². The number of benzene rings is 1. The van der Waals surface area contributed by atoms with Crippen LogP contribution in [0.25, 0.3) is 0 Å². The number of carbonyl (C=O) groups is 1. The molecule has 2 aromatic rings. The van der Waals surface area contributed by atoms with Crippen molar-refractivity contribution < 1.29 is 4.79 Å². The Hall–Kier alpha value is -1.40. The van der Waals surface area contributed by atoms with E-state index in [2.05, 4.69) is 31.2 Å². The molecule has 0 aliphatic rings. The van der Waals surface area contributed by atoms with E-state index in [-0.39, 0.29) is 5.91 Å². The van der Waals surface area contributed by atoms with E-state index in [1.54, 1.807) is 6.20 Å². The highest BCUT2D eigenvalue weighted by Crippen LogP contribution is 2.13. The maximum absolute atomic E-state index is 12.1. The molecule has 0 unspecified atom stereocenters. The summed E-state index contributed by atoms with van der Waals surface area (Å²) in [4.78, 5) is 20.5. The van der Waals surface area contributed by atoms with Gasteiger partial charge in [0.1, 0.15) is 0 Å². The Morgan fingerprint density at radius 2 is 2.25 bits per heavy atom. The molecule has 0 aliphatic heterocycles. The molecule has 0 spiro atoms. The van der Waals surface area contributed by atoms with E-state index in [0.717, 1.165) is 10.0 Å². The summed E-state index contributed by atoms with van der Waals surface area (Å²) in [7, 11) is 0. The van der Waals surface area contributed by atoms with Crippen molar-refractivity contribution in [3.63, 3.8) is 0 Å². The Morgan fingerprint density at radius 3 is 2.90 bits per heavy atom. The summed E-state index contributed by atoms with van der Waals surface area (Å²) in [5, 5.41) is 3.55. The van der Waals surface area contributed by atoms with Gasteiger partial charge in [-0.15, -0.1) is 0 Å². The molecule has 104 valence electrons. The summed E-state index contributed by atoms with van der Waals surface area (Å²) in [6.45, 7) is 2.29. The second kappa shape index (κ2) is 6.85. The van der Waals surface area contributed by atoms with E-state index in [1.165, 1.54) is 11.8 Å². The number of hydrogen-bond donors (Lipinski definition) is 1. The fraction of sp³-hybridized carbons (Fsp3) is 0.214. The summed E-state index contributed by atoms with van der Waals surface area (Å²) < 4.78 is 0.994. The van der Waals surface area contributed by atoms with Crippen molar-refractivity contribution in [3.8, 4) is 0 Å². The van der Waals surface area contributed by atoms with E-state index in [4.69, 9.17) is 0 Å². The van der Waals surface area contributed by atoms with Crippen molar-refractivity contribution in [2.75, 3.05) is 6.26 Å². The van der Waals surface area contributed by atoms with Crippen LogP contribution in [0.15, 0.2) is 40.1 Å². The fourth-order valence-electron chi connectivity index (χ4n) is 1.69. The molecule has 20 heavy (non-hydrogen) atoms. The van der Waals surface area contributed by atoms with Crippen LogP contribution in [0.3, 0.4) is 0 Å². The third-order valence-electron chi connectivity index (χ3n) is 2.73. The SMILES string of the molecule is CSc1ncc(C(=O)NCc2cccc(Br)c2)c(C)n1. The predicted molar refractivity (Wildman–Crippen MR) is 83.9 cm³/mol. The van der Waals surface area contributed by atoms with Crippen LogP contribution >= 0.6 is 27.7 Å². The van der Waals surface area contributed by atoms with Gasteiger partial charge in [-0.05, 0) is 30.9 Å². The first-order valence-electron chi connectivity index (χ1n) is 6.00. The maximum Gasteiger partial charge on any atom is 0.254 e. The Kier molecular flexibility index (Phi) is 5.14. The molecule has 1 heterocycles. The van der Waals surface area contributed by atoms with Crippen LogP contribution in [0.2, 0.25) is 0 Å². The lowest BCUT2D eigenvalue weighted by Gasteiger charge is -2.08. The molecular formula is C14H14BrN3OS. The number of nitrogens with zero attached hydrogens (tertiary/aromatic N) is 2. The molecule has 1 amide bonds. The number of aryl methyl sites for hydroxylation is 1. The fourth-order valence-corrected chi connectivity index (χ4v) is 2.52. The molecule has 0 bridgehead atoms. The minimum absolute atomic E-state index is 0.157. The van der Waals surface area contributed by atoms with Gasteiger partial charge in [0.2, 0.25) is 0 Å². The Labute approximate surface area is 130 Å². The molecule has 0 atom stereocenters. The predicted octanol–water partition coefficient (Wildman–Crippen LogP) is 3.20. The van der Waals surface area contributed by atoms with Gasteiger partial charge in [0, 0.05) is 17.2 Å². The van der Waals surface area contributed by atoms with E-state index >= 15 is 0 Å². The minimum Gasteiger partial charge on any atom is -0.348 e. The highest BCUT2D eigenvalue weighted by molar-refractivity contribution is 9.10. The molecule has 6 heteroatoms. The first-order chi connectivity index (χ1) is 9.60. The average Bonchev–Trinajstić information content (AvgIpc) is 2.44. The third kappa shape index (κ3) is 3.80. The number of carbonyl (C=O) groups excluding carboxylic acids is 1. The van der Waals surface area contributed by atoms with Crippen LogP contribution in [-0.2, 0) is 6.54 Å². The number of rotatable bonds is 4. The number of halogens is 1. The Balaban J connectivity index is 2.05. The molecule has 0 saturated carbocycles. The largest absolute Gasteiger partial charge is 0.348 e. The lowest BCUT2D eigenvalue weighted by molar-refractivity contribution is 0.0949. The normalized spacial score (nSPS) is 10.3. The lowest BCUT2D eigenvalue weighted by Crippen LogP contribution is -2.24. The third-order valence-corrected chi connectivity index (χ3v) is 3.78. The second-order valence-electron chi connectivity index (χ2n) is 4.17. The average molecular weight is 352 g/mol. The van der Waals surface area contributed by atoms with Crippen LogP contribution in [0.4, 0.5) is 0 Å². The topological polar surface area (TPSA) is 54.9 Å². The first kappa shape index (κ1) is 15.0. The maximum atomic E-state index is 12.1. The number of thioether (sulfide) groups is 1. The van der Waals surface area contributed by atoms with Crippen molar-refractivity contribution in [2.45, 2.75) is 18.6 Å². The molecule has 2 rings (SSSR count). The smallest absolute Gasteiger partial charge is 0.254 e. The Morgan fingerprint density at radius 1 is 1.45 bits per heavy atom. The van der Waals surface area contributed by atoms with Gasteiger partial charge in [0.05, 0.1) is 11.3 Å². The number of amides is 1. The van der Waals surface area contributed by atoms with Crippen molar-refractivity contribution in [1.82, 2.24) is 15.3 Å². The minimum atomic E-state index is -0.157. The van der Waals surface area contributed by atoms with Gasteiger partial charge >= 0.3 is 0 Å². The van der Waals surface area contributed by atoms with Crippen LogP contribution in [0.1, 0.15) is 21.6 Å². The van der Waals surface area contributed by atoms with Gasteiger partial charge in [-0.1, -0.05) is 39.8 Å². The number of hydrogen-bond acceptors (Lipinski definition) is 4. The molecule has 0 saturated heterocycles. The lowest BCUT2D eigenvalue weighted by atomic mass is 10.2. The molecule has 4 nitrogen and oxygen atoms in total. The number of aromatic nitrogens is 2. The van der Waals surface area contributed by atoms with Crippen molar-refractivity contribution in [2.24, 2.45) is 0 Å². The van der Waals surface area contributed by atoms with E-state index in [9.17, 15) is 4.79 Å². The van der Waals surface area contributed by atoms with Gasteiger partial charge in [0.15, 0.2) is 5.16 Å². The first-order valence-corrected chi connectivity index (χ1v) is 8.02. The number of nitrogens with one attached hydrogen (secondary N) is 1. The van der Waals surface area contributed by atoms with Crippen molar-refractivity contribution >= 4 is 33.6 Å².